The third kappa shape index (κ3) is 6.76. The maximum absolute atomic E-state index is 15.1. The molecule has 0 saturated carbocycles. The van der Waals surface area contributed by atoms with Crippen LogP contribution in [0, 0.1) is 17.2 Å². The highest BCUT2D eigenvalue weighted by Crippen LogP contribution is 2.48. The first-order valence-electron chi connectivity index (χ1n) is 21.0. The number of anilines is 2. The number of rotatable bonds is 7. The van der Waals surface area contributed by atoms with Crippen LogP contribution in [0.1, 0.15) is 83.0 Å². The van der Waals surface area contributed by atoms with Gasteiger partial charge in [0.2, 0.25) is 11.8 Å². The summed E-state index contributed by atoms with van der Waals surface area (Å²) in [4.78, 5) is 46.5. The van der Waals surface area contributed by atoms with Crippen LogP contribution in [0.4, 0.5) is 15.8 Å². The van der Waals surface area contributed by atoms with Crippen molar-refractivity contribution >= 4 is 29.1 Å². The SMILES string of the molecule is O=C1CCC(N2Cc3cc(N4CC5(CCN(CC6CCN(c7ccc([C@H]8c9ccc(O)cc9OC[C@H]8c8ccccc8F)cc7)CC6)CC5)C4)ccc3C2=O)C(=O)N1. The molecule has 0 aliphatic carbocycles. The second-order valence-electron chi connectivity index (χ2n) is 17.6. The predicted octanol–water partition coefficient (Wildman–Crippen LogP) is 6.42. The van der Waals surface area contributed by atoms with Gasteiger partial charge in [0.05, 0.1) is 6.61 Å². The van der Waals surface area contributed by atoms with Crippen molar-refractivity contribution < 1.29 is 28.6 Å². The Kier molecular flexibility index (Phi) is 9.38. The maximum atomic E-state index is 15.1. The number of amides is 3. The van der Waals surface area contributed by atoms with E-state index in [0.717, 1.165) is 68.2 Å². The first-order chi connectivity index (χ1) is 28.2. The molecule has 0 aromatic heterocycles. The van der Waals surface area contributed by atoms with Crippen LogP contribution in [0.15, 0.2) is 84.9 Å². The summed E-state index contributed by atoms with van der Waals surface area (Å²) in [5, 5.41) is 12.5. The molecule has 3 atom stereocenters. The van der Waals surface area contributed by atoms with Gasteiger partial charge in [-0.15, -0.1) is 0 Å². The minimum absolute atomic E-state index is 0.0985. The van der Waals surface area contributed by atoms with Crippen LogP contribution in [-0.2, 0) is 16.1 Å². The minimum atomic E-state index is -0.590. The van der Waals surface area contributed by atoms with Gasteiger partial charge in [-0.05, 0) is 110 Å². The molecule has 10 nitrogen and oxygen atoms in total. The van der Waals surface area contributed by atoms with Gasteiger partial charge in [-0.3, -0.25) is 19.7 Å². The monoisotopic (exact) mass is 783 g/mol. The Morgan fingerprint density at radius 1 is 0.810 bits per heavy atom. The molecule has 2 N–H and O–H groups in total. The van der Waals surface area contributed by atoms with E-state index in [9.17, 15) is 19.5 Å². The molecular formula is C47H50FN5O5. The normalized spacial score (nSPS) is 24.6. The Morgan fingerprint density at radius 3 is 2.33 bits per heavy atom. The third-order valence-electron chi connectivity index (χ3n) is 14.0. The van der Waals surface area contributed by atoms with Gasteiger partial charge in [0.1, 0.15) is 23.4 Å². The van der Waals surface area contributed by atoms with Crippen LogP contribution in [0.2, 0.25) is 0 Å². The highest BCUT2D eigenvalue weighted by Gasteiger charge is 2.46. The average Bonchev–Trinajstić information content (AvgIpc) is 3.55. The number of ether oxygens (including phenoxy) is 1. The second-order valence-corrected chi connectivity index (χ2v) is 17.6. The van der Waals surface area contributed by atoms with Gasteiger partial charge in [0.25, 0.3) is 5.91 Å². The summed E-state index contributed by atoms with van der Waals surface area (Å²) in [6, 6.07) is 26.5. The summed E-state index contributed by atoms with van der Waals surface area (Å²) in [6.45, 7) is 8.32. The van der Waals surface area contributed by atoms with E-state index in [0.29, 0.717) is 47.8 Å². The lowest BCUT2D eigenvalue weighted by Crippen LogP contribution is -2.60. The van der Waals surface area contributed by atoms with Gasteiger partial charge < -0.3 is 29.4 Å². The molecule has 4 aromatic carbocycles. The molecule has 6 aliphatic heterocycles. The van der Waals surface area contributed by atoms with Crippen LogP contribution >= 0.6 is 0 Å². The number of imide groups is 1. The van der Waals surface area contributed by atoms with Crippen molar-refractivity contribution in [1.29, 1.82) is 0 Å². The summed E-state index contributed by atoms with van der Waals surface area (Å²) in [6.07, 6.45) is 5.39. The fourth-order valence-electron chi connectivity index (χ4n) is 10.7. The molecule has 0 radical (unpaired) electrons. The zero-order valence-corrected chi connectivity index (χ0v) is 32.7. The maximum Gasteiger partial charge on any atom is 0.255 e. The molecule has 1 unspecified atom stereocenters. The van der Waals surface area contributed by atoms with E-state index in [1.807, 2.05) is 24.3 Å². The Morgan fingerprint density at radius 2 is 1.57 bits per heavy atom. The summed E-state index contributed by atoms with van der Waals surface area (Å²) in [5.41, 5.74) is 7.07. The number of fused-ring (bicyclic) bond motifs is 2. The first-order valence-corrected chi connectivity index (χ1v) is 21.0. The molecule has 6 heterocycles. The number of phenolic OH excluding ortho intramolecular Hbond substituents is 1. The van der Waals surface area contributed by atoms with Gasteiger partial charge in [-0.25, -0.2) is 4.39 Å². The van der Waals surface area contributed by atoms with Gasteiger partial charge in [-0.1, -0.05) is 36.4 Å². The van der Waals surface area contributed by atoms with Gasteiger partial charge in [0, 0.05) is 91.5 Å². The van der Waals surface area contributed by atoms with E-state index in [1.54, 1.807) is 23.1 Å². The summed E-state index contributed by atoms with van der Waals surface area (Å²) in [5.74, 6) is 0.220. The van der Waals surface area contributed by atoms with E-state index >= 15 is 4.39 Å². The van der Waals surface area contributed by atoms with Gasteiger partial charge in [-0.2, -0.15) is 0 Å². The molecule has 1 spiro atoms. The fraction of sp³-hybridized carbons (Fsp3) is 0.426. The van der Waals surface area contributed by atoms with Crippen LogP contribution < -0.4 is 19.9 Å². The van der Waals surface area contributed by atoms with Crippen molar-refractivity contribution in [1.82, 2.24) is 15.1 Å². The van der Waals surface area contributed by atoms with Crippen molar-refractivity contribution in [2.24, 2.45) is 11.3 Å². The van der Waals surface area contributed by atoms with Gasteiger partial charge >= 0.3 is 0 Å². The van der Waals surface area contributed by atoms with Crippen LogP contribution in [0.3, 0.4) is 0 Å². The van der Waals surface area contributed by atoms with Crippen molar-refractivity contribution in [3.8, 4) is 11.5 Å². The predicted molar refractivity (Wildman–Crippen MR) is 219 cm³/mol. The number of likely N-dealkylation sites (tertiary alicyclic amines) is 1. The number of benzene rings is 4. The van der Waals surface area contributed by atoms with Crippen LogP contribution in [0.5, 0.6) is 11.5 Å². The summed E-state index contributed by atoms with van der Waals surface area (Å²) in [7, 11) is 0. The van der Waals surface area contributed by atoms with Crippen molar-refractivity contribution in [2.75, 3.05) is 62.2 Å². The molecule has 0 bridgehead atoms. The standard InChI is InChI=1S/C47H50FN5O5/c48-40-4-2-1-3-37(40)39-27-58-42-24-35(54)10-12-38(42)44(39)31-5-7-33(8-6-31)51-19-15-30(16-20-51)25-50-21-17-47(18-22-50)28-52(29-47)34-9-11-36-32(23-34)26-53(46(36)57)41-13-14-43(55)49-45(41)56/h1-12,23-24,30,39,41,44,54H,13-22,25-29H2,(H,49,55,56)/t39-,41?,44-/m0/s1. The first kappa shape index (κ1) is 36.9. The number of nitrogens with zero attached hydrogens (tertiary/aromatic N) is 4. The number of phenols is 1. The van der Waals surface area contributed by atoms with Crippen molar-refractivity contribution in [2.45, 2.75) is 62.9 Å². The van der Waals surface area contributed by atoms with E-state index in [4.69, 9.17) is 4.74 Å². The quantitative estimate of drug-likeness (QED) is 0.207. The number of piperidine rings is 3. The number of aromatic hydroxyl groups is 1. The number of hydrogen-bond donors (Lipinski definition) is 2. The second kappa shape index (κ2) is 14.8. The Bertz CT molecular complexity index is 2240. The number of nitrogens with one attached hydrogen (secondary N) is 1. The van der Waals surface area contributed by atoms with Crippen molar-refractivity contribution in [3.63, 3.8) is 0 Å². The largest absolute Gasteiger partial charge is 0.508 e. The molecule has 4 saturated heterocycles. The highest BCUT2D eigenvalue weighted by atomic mass is 19.1. The number of carbonyl (C=O) groups excluding carboxylic acids is 3. The number of carbonyl (C=O) groups is 3. The zero-order chi connectivity index (χ0) is 39.5. The molecule has 11 heteroatoms. The molecule has 3 amide bonds. The lowest BCUT2D eigenvalue weighted by molar-refractivity contribution is -0.136. The highest BCUT2D eigenvalue weighted by molar-refractivity contribution is 6.05. The average molecular weight is 784 g/mol. The minimum Gasteiger partial charge on any atom is -0.508 e. The molecule has 4 fully saturated rings. The topological polar surface area (TPSA) is 106 Å². The van der Waals surface area contributed by atoms with Crippen LogP contribution in [0.25, 0.3) is 0 Å². The number of hydrogen-bond acceptors (Lipinski definition) is 8. The van der Waals surface area contributed by atoms with E-state index in [1.165, 1.54) is 37.4 Å². The van der Waals surface area contributed by atoms with Crippen molar-refractivity contribution in [3.05, 3.63) is 119 Å². The Balaban J connectivity index is 0.710. The molecule has 6 aliphatic rings. The van der Waals surface area contributed by atoms with E-state index in [-0.39, 0.29) is 47.5 Å². The lowest BCUT2D eigenvalue weighted by atomic mass is 9.71. The molecule has 58 heavy (non-hydrogen) atoms. The fourth-order valence-corrected chi connectivity index (χ4v) is 10.7. The lowest BCUT2D eigenvalue weighted by Gasteiger charge is -2.55. The third-order valence-corrected chi connectivity index (χ3v) is 14.0. The Labute approximate surface area is 338 Å². The summed E-state index contributed by atoms with van der Waals surface area (Å²) >= 11 is 0. The van der Waals surface area contributed by atoms with Crippen LogP contribution in [-0.4, -0.2) is 91.1 Å². The molecular weight excluding hydrogens is 734 g/mol. The summed E-state index contributed by atoms with van der Waals surface area (Å²) < 4.78 is 21.2. The van der Waals surface area contributed by atoms with E-state index < -0.39 is 6.04 Å². The van der Waals surface area contributed by atoms with Gasteiger partial charge in [0.15, 0.2) is 0 Å². The molecule has 4 aromatic rings. The Hall–Kier alpha value is -5.42. The number of halogens is 1. The molecule has 10 rings (SSSR count). The molecule has 300 valence electrons. The smallest absolute Gasteiger partial charge is 0.255 e. The zero-order valence-electron chi connectivity index (χ0n) is 32.7. The van der Waals surface area contributed by atoms with E-state index in [2.05, 4.69) is 56.4 Å².